The first-order valence-electron chi connectivity index (χ1n) is 8.70. The number of hydrogen-bond acceptors (Lipinski definition) is 4. The largest absolute Gasteiger partial charge is 0.466 e. The van der Waals surface area contributed by atoms with Crippen LogP contribution in [0.2, 0.25) is 0 Å². The molecule has 3 heterocycles. The minimum atomic E-state index is 0.131. The van der Waals surface area contributed by atoms with Gasteiger partial charge in [0.1, 0.15) is 11.5 Å². The lowest BCUT2D eigenvalue weighted by Gasteiger charge is -2.34. The Bertz CT molecular complexity index is 575. The molecule has 5 nitrogen and oxygen atoms in total. The first-order chi connectivity index (χ1) is 11.0. The maximum absolute atomic E-state index is 13.0. The summed E-state index contributed by atoms with van der Waals surface area (Å²) in [7, 11) is 0. The molecule has 0 saturated carbocycles. The van der Waals surface area contributed by atoms with Gasteiger partial charge in [0, 0.05) is 37.8 Å². The highest BCUT2D eigenvalue weighted by atomic mass is 16.5. The van der Waals surface area contributed by atoms with E-state index in [2.05, 4.69) is 11.8 Å². The van der Waals surface area contributed by atoms with Gasteiger partial charge >= 0.3 is 0 Å². The Hall–Kier alpha value is -1.33. The van der Waals surface area contributed by atoms with Crippen LogP contribution in [0.5, 0.6) is 0 Å². The number of ether oxygens (including phenoxy) is 1. The summed E-state index contributed by atoms with van der Waals surface area (Å²) >= 11 is 0. The first-order valence-corrected chi connectivity index (χ1v) is 8.70. The normalized spacial score (nSPS) is 26.0. The molecule has 0 unspecified atom stereocenters. The Morgan fingerprint density at radius 3 is 2.39 bits per heavy atom. The van der Waals surface area contributed by atoms with Crippen molar-refractivity contribution in [1.82, 2.24) is 9.80 Å². The third-order valence-electron chi connectivity index (χ3n) is 5.51. The third-order valence-corrected chi connectivity index (χ3v) is 5.51. The van der Waals surface area contributed by atoms with Crippen LogP contribution in [0.15, 0.2) is 4.42 Å². The van der Waals surface area contributed by atoms with Gasteiger partial charge in [0.15, 0.2) is 0 Å². The monoisotopic (exact) mass is 320 g/mol. The van der Waals surface area contributed by atoms with Gasteiger partial charge < -0.3 is 14.1 Å². The van der Waals surface area contributed by atoms with Crippen LogP contribution in [-0.4, -0.2) is 61.1 Å². The van der Waals surface area contributed by atoms with E-state index in [9.17, 15) is 4.79 Å². The van der Waals surface area contributed by atoms with Crippen LogP contribution in [0.4, 0.5) is 0 Å². The maximum atomic E-state index is 13.0. The first kappa shape index (κ1) is 16.5. The van der Waals surface area contributed by atoms with Crippen molar-refractivity contribution in [2.24, 2.45) is 5.92 Å². The summed E-state index contributed by atoms with van der Waals surface area (Å²) in [5.74, 6) is 2.27. The van der Waals surface area contributed by atoms with Crippen molar-refractivity contribution in [2.75, 3.05) is 39.4 Å². The lowest BCUT2D eigenvalue weighted by Crippen LogP contribution is -2.47. The zero-order chi connectivity index (χ0) is 16.6. The van der Waals surface area contributed by atoms with Crippen LogP contribution in [0.25, 0.3) is 0 Å². The van der Waals surface area contributed by atoms with E-state index in [0.29, 0.717) is 12.0 Å². The fraction of sp³-hybridized carbons (Fsp3) is 0.722. The lowest BCUT2D eigenvalue weighted by atomic mass is 9.99. The fourth-order valence-electron chi connectivity index (χ4n) is 4.01. The molecule has 1 amide bonds. The average molecular weight is 320 g/mol. The number of carbonyl (C=O) groups is 1. The number of aryl methyl sites for hydroxylation is 2. The van der Waals surface area contributed by atoms with E-state index in [1.807, 2.05) is 25.7 Å². The van der Waals surface area contributed by atoms with E-state index in [-0.39, 0.29) is 5.91 Å². The highest BCUT2D eigenvalue weighted by molar-refractivity contribution is 5.97. The smallest absolute Gasteiger partial charge is 0.257 e. The molecular formula is C18H28N2O3. The van der Waals surface area contributed by atoms with E-state index < -0.39 is 0 Å². The molecule has 0 radical (unpaired) electrons. The molecule has 0 aromatic carbocycles. The minimum absolute atomic E-state index is 0.131. The number of morpholine rings is 1. The maximum Gasteiger partial charge on any atom is 0.257 e. The second-order valence-corrected chi connectivity index (χ2v) is 6.81. The van der Waals surface area contributed by atoms with Gasteiger partial charge in [0.05, 0.1) is 18.8 Å². The van der Waals surface area contributed by atoms with Gasteiger partial charge in [-0.15, -0.1) is 0 Å². The van der Waals surface area contributed by atoms with Crippen molar-refractivity contribution in [2.45, 2.75) is 40.2 Å². The summed E-state index contributed by atoms with van der Waals surface area (Å²) in [5, 5.41) is 0. The third kappa shape index (κ3) is 3.04. The molecule has 128 valence electrons. The van der Waals surface area contributed by atoms with Gasteiger partial charge in [0.25, 0.3) is 5.91 Å². The standard InChI is InChI=1S/C18H28N2O3/c1-5-15-10-20(11-16(15)19-6-8-22-9-7-19)18(21)17-12(2)13(3)23-14(17)4/h15-16H,5-11H2,1-4H3/t15-,16+/m1/s1. The van der Waals surface area contributed by atoms with Crippen LogP contribution in [0.3, 0.4) is 0 Å². The summed E-state index contributed by atoms with van der Waals surface area (Å²) in [5.41, 5.74) is 1.75. The predicted octanol–water partition coefficient (Wildman–Crippen LogP) is 2.39. The quantitative estimate of drug-likeness (QED) is 0.858. The number of likely N-dealkylation sites (tertiary alicyclic amines) is 1. The van der Waals surface area contributed by atoms with Crippen LogP contribution in [0.1, 0.15) is 40.8 Å². The van der Waals surface area contributed by atoms with Crippen LogP contribution >= 0.6 is 0 Å². The van der Waals surface area contributed by atoms with Gasteiger partial charge in [0.2, 0.25) is 0 Å². The van der Waals surface area contributed by atoms with Crippen molar-refractivity contribution in [3.63, 3.8) is 0 Å². The van der Waals surface area contributed by atoms with Crippen LogP contribution in [-0.2, 0) is 4.74 Å². The number of furan rings is 1. The van der Waals surface area contributed by atoms with Gasteiger partial charge in [-0.3, -0.25) is 9.69 Å². The Kier molecular flexibility index (Phi) is 4.78. The minimum Gasteiger partial charge on any atom is -0.466 e. The van der Waals surface area contributed by atoms with Crippen molar-refractivity contribution in [1.29, 1.82) is 0 Å². The molecule has 0 aliphatic carbocycles. The van der Waals surface area contributed by atoms with E-state index in [0.717, 1.165) is 68.5 Å². The van der Waals surface area contributed by atoms with Gasteiger partial charge in [-0.2, -0.15) is 0 Å². The number of carbonyl (C=O) groups excluding carboxylic acids is 1. The van der Waals surface area contributed by atoms with E-state index >= 15 is 0 Å². The highest BCUT2D eigenvalue weighted by Gasteiger charge is 2.39. The number of hydrogen-bond donors (Lipinski definition) is 0. The molecule has 0 N–H and O–H groups in total. The Morgan fingerprint density at radius 1 is 1.13 bits per heavy atom. The number of amides is 1. The van der Waals surface area contributed by atoms with Crippen LogP contribution < -0.4 is 0 Å². The molecule has 23 heavy (non-hydrogen) atoms. The highest BCUT2D eigenvalue weighted by Crippen LogP contribution is 2.29. The second-order valence-electron chi connectivity index (χ2n) is 6.81. The van der Waals surface area contributed by atoms with E-state index in [1.165, 1.54) is 0 Å². The zero-order valence-corrected chi connectivity index (χ0v) is 14.7. The fourth-order valence-corrected chi connectivity index (χ4v) is 4.01. The van der Waals surface area contributed by atoms with Crippen molar-refractivity contribution < 1.29 is 13.9 Å². The summed E-state index contributed by atoms with van der Waals surface area (Å²) < 4.78 is 11.1. The van der Waals surface area contributed by atoms with E-state index in [1.54, 1.807) is 0 Å². The van der Waals surface area contributed by atoms with Gasteiger partial charge in [-0.05, 0) is 26.7 Å². The molecule has 2 fully saturated rings. The molecule has 2 aliphatic rings. The molecule has 5 heteroatoms. The second kappa shape index (κ2) is 6.65. The Morgan fingerprint density at radius 2 is 1.83 bits per heavy atom. The lowest BCUT2D eigenvalue weighted by molar-refractivity contribution is 0.0103. The van der Waals surface area contributed by atoms with Gasteiger partial charge in [-0.1, -0.05) is 13.3 Å². The summed E-state index contributed by atoms with van der Waals surface area (Å²) in [6.07, 6.45) is 1.11. The molecular weight excluding hydrogens is 292 g/mol. The summed E-state index contributed by atoms with van der Waals surface area (Å²) in [4.78, 5) is 17.5. The zero-order valence-electron chi connectivity index (χ0n) is 14.7. The Labute approximate surface area is 138 Å². The molecule has 0 bridgehead atoms. The number of rotatable bonds is 3. The van der Waals surface area contributed by atoms with Crippen molar-refractivity contribution in [3.8, 4) is 0 Å². The number of nitrogens with zero attached hydrogens (tertiary/aromatic N) is 2. The van der Waals surface area contributed by atoms with Crippen molar-refractivity contribution in [3.05, 3.63) is 22.6 Å². The molecule has 2 aliphatic heterocycles. The molecule has 2 saturated heterocycles. The predicted molar refractivity (Wildman–Crippen MR) is 88.8 cm³/mol. The van der Waals surface area contributed by atoms with Crippen LogP contribution in [0, 0.1) is 26.7 Å². The summed E-state index contributed by atoms with van der Waals surface area (Å²) in [6.45, 7) is 13.3. The van der Waals surface area contributed by atoms with Crippen molar-refractivity contribution >= 4 is 5.91 Å². The Balaban J connectivity index is 1.77. The van der Waals surface area contributed by atoms with E-state index in [4.69, 9.17) is 9.15 Å². The molecule has 3 rings (SSSR count). The summed E-state index contributed by atoms with van der Waals surface area (Å²) in [6, 6.07) is 0.460. The average Bonchev–Trinajstić information content (AvgIpc) is 3.09. The SMILES string of the molecule is CC[C@@H]1CN(C(=O)c2c(C)oc(C)c2C)C[C@@H]1N1CCOCC1. The topological polar surface area (TPSA) is 45.9 Å². The molecule has 2 atom stereocenters. The molecule has 0 spiro atoms. The molecule has 1 aromatic rings. The van der Waals surface area contributed by atoms with Gasteiger partial charge in [-0.25, -0.2) is 0 Å². The molecule has 1 aromatic heterocycles.